The van der Waals surface area contributed by atoms with E-state index in [0.29, 0.717) is 27.5 Å². The van der Waals surface area contributed by atoms with Crippen LogP contribution >= 0.6 is 11.6 Å². The van der Waals surface area contributed by atoms with Gasteiger partial charge in [0.05, 0.1) is 29.0 Å². The van der Waals surface area contributed by atoms with E-state index in [-0.39, 0.29) is 46.5 Å². The van der Waals surface area contributed by atoms with Crippen LogP contribution in [0.3, 0.4) is 0 Å². The van der Waals surface area contributed by atoms with Crippen molar-refractivity contribution in [3.05, 3.63) is 96.9 Å². The summed E-state index contributed by atoms with van der Waals surface area (Å²) in [5, 5.41) is 21.3. The van der Waals surface area contributed by atoms with Crippen molar-refractivity contribution in [2.45, 2.75) is 25.6 Å². The number of carboxylic acids is 1. The number of nitrogens with zero attached hydrogens (tertiary/aromatic N) is 4. The zero-order valence-corrected chi connectivity index (χ0v) is 24.6. The largest absolute Gasteiger partial charge is 0.480 e. The maximum atomic E-state index is 15.0. The molecule has 0 fully saturated rings. The number of anilines is 2. The number of halogens is 2. The van der Waals surface area contributed by atoms with Crippen molar-refractivity contribution in [3.8, 4) is 0 Å². The number of amides is 1. The molecule has 0 saturated carbocycles. The molecule has 0 aliphatic carbocycles. The van der Waals surface area contributed by atoms with E-state index in [9.17, 15) is 24.3 Å². The molecule has 1 aliphatic rings. The third-order valence-corrected chi connectivity index (χ3v) is 8.08. The van der Waals surface area contributed by atoms with Crippen molar-refractivity contribution in [2.75, 3.05) is 30.9 Å². The minimum absolute atomic E-state index is 0.124. The molecule has 1 aliphatic heterocycles. The molecule has 3 aromatic carbocycles. The molecule has 2 atom stereocenters. The van der Waals surface area contributed by atoms with Gasteiger partial charge in [-0.3, -0.25) is 14.7 Å². The average molecular weight is 620 g/mol. The summed E-state index contributed by atoms with van der Waals surface area (Å²) in [6.07, 6.45) is 0. The lowest BCUT2D eigenvalue weighted by Gasteiger charge is -2.28. The smallest absolute Gasteiger partial charge is 0.329 e. The number of aliphatic carboxylic acids is 1. The zero-order chi connectivity index (χ0) is 31.4. The second-order valence-electron chi connectivity index (χ2n) is 11.0. The van der Waals surface area contributed by atoms with Crippen molar-refractivity contribution in [3.63, 3.8) is 0 Å². The number of para-hydroxylation sites is 1. The summed E-state index contributed by atoms with van der Waals surface area (Å²) in [5.74, 6) is -1.95. The van der Waals surface area contributed by atoms with Crippen LogP contribution in [0.4, 0.5) is 15.9 Å². The van der Waals surface area contributed by atoms with E-state index in [1.54, 1.807) is 49.3 Å². The molecule has 226 valence electrons. The van der Waals surface area contributed by atoms with E-state index in [0.717, 1.165) is 4.57 Å². The van der Waals surface area contributed by atoms with Crippen LogP contribution in [-0.2, 0) is 16.1 Å². The van der Waals surface area contributed by atoms with Gasteiger partial charge in [0.15, 0.2) is 11.9 Å². The molecule has 4 N–H and O–H groups in total. The molecule has 6 rings (SSSR count). The van der Waals surface area contributed by atoms with Crippen molar-refractivity contribution in [1.82, 2.24) is 24.6 Å². The van der Waals surface area contributed by atoms with Crippen LogP contribution in [-0.4, -0.2) is 68.3 Å². The minimum atomic E-state index is -1.48. The number of carboxylic acid groups (broad SMARTS) is 1. The van der Waals surface area contributed by atoms with E-state index in [1.807, 2.05) is 0 Å². The minimum Gasteiger partial charge on any atom is -0.480 e. The van der Waals surface area contributed by atoms with E-state index in [4.69, 9.17) is 11.6 Å². The van der Waals surface area contributed by atoms with Crippen LogP contribution in [0.1, 0.15) is 22.7 Å². The Hall–Kier alpha value is -5.01. The fourth-order valence-electron chi connectivity index (χ4n) is 5.77. The highest BCUT2D eigenvalue weighted by Crippen LogP contribution is 2.44. The normalized spacial score (nSPS) is 16.2. The van der Waals surface area contributed by atoms with Crippen LogP contribution in [0.5, 0.6) is 0 Å². The number of carbonyl (C=O) groups excluding carboxylic acids is 1. The Labute approximate surface area is 253 Å². The summed E-state index contributed by atoms with van der Waals surface area (Å²) < 4.78 is 15.9. The van der Waals surface area contributed by atoms with Gasteiger partial charge in [-0.15, -0.1) is 0 Å². The van der Waals surface area contributed by atoms with E-state index >= 15 is 4.39 Å². The first kappa shape index (κ1) is 29.1. The molecule has 0 spiro atoms. The van der Waals surface area contributed by atoms with Crippen molar-refractivity contribution >= 4 is 56.8 Å². The van der Waals surface area contributed by atoms with Crippen molar-refractivity contribution in [1.29, 1.82) is 0 Å². The number of hydrogen-bond donors (Lipinski definition) is 4. The summed E-state index contributed by atoms with van der Waals surface area (Å²) in [7, 11) is 3.51. The van der Waals surface area contributed by atoms with Gasteiger partial charge in [-0.2, -0.15) is 5.10 Å². The van der Waals surface area contributed by atoms with Crippen LogP contribution < -0.4 is 21.5 Å². The first-order chi connectivity index (χ1) is 20.9. The Morgan fingerprint density at radius 1 is 1.11 bits per heavy atom. The molecule has 5 aromatic rings. The second kappa shape index (κ2) is 10.9. The first-order valence-corrected chi connectivity index (χ1v) is 14.0. The summed E-state index contributed by atoms with van der Waals surface area (Å²) >= 11 is 6.65. The highest BCUT2D eigenvalue weighted by atomic mass is 35.5. The molecule has 0 radical (unpaired) electrons. The monoisotopic (exact) mass is 619 g/mol. The summed E-state index contributed by atoms with van der Waals surface area (Å²) in [6.45, 7) is 1.52. The molecule has 0 bridgehead atoms. The molecule has 44 heavy (non-hydrogen) atoms. The average Bonchev–Trinajstić information content (AvgIpc) is 3.46. The van der Waals surface area contributed by atoms with Gasteiger partial charge in [0, 0.05) is 28.2 Å². The highest BCUT2D eigenvalue weighted by molar-refractivity contribution is 6.32. The third kappa shape index (κ3) is 4.89. The second-order valence-corrected chi connectivity index (χ2v) is 11.4. The molecule has 2 unspecified atom stereocenters. The van der Waals surface area contributed by atoms with Gasteiger partial charge in [-0.05, 0) is 68.5 Å². The SMILES string of the molecule is Cc1cc2c(cc1F)N(Cc1cc3c(NC(=O)CN(C)C)n[nH]c3cc1Cl)C(C(=O)O)C2n1c(=O)[nH]c2ccccc2c1=O. The Morgan fingerprint density at radius 3 is 2.59 bits per heavy atom. The molecular weight excluding hydrogens is 593 g/mol. The molecule has 1 amide bonds. The number of fused-ring (bicyclic) bond motifs is 3. The predicted octanol–water partition coefficient (Wildman–Crippen LogP) is 3.23. The van der Waals surface area contributed by atoms with Gasteiger partial charge in [-0.25, -0.2) is 18.5 Å². The number of hydrogen-bond acceptors (Lipinski definition) is 7. The standard InChI is InChI=1S/C30H27ClFN7O5/c1-14-8-18-23(11-20(14)32)38(12-15-9-17-22(10-19(15)31)35-36-27(17)34-24(40)13-37(2)3)26(29(42)43)25(18)39-28(41)16-6-4-5-7-21(16)33-30(39)44/h4-11,25-26H,12-13H2,1-3H3,(H,33,44)(H,42,43)(H2,34,35,36,40). The van der Waals surface area contributed by atoms with Crippen LogP contribution in [0.25, 0.3) is 21.8 Å². The Balaban J connectivity index is 1.49. The van der Waals surface area contributed by atoms with Crippen molar-refractivity contribution in [2.24, 2.45) is 0 Å². The third-order valence-electron chi connectivity index (χ3n) is 7.73. The number of rotatable bonds is 7. The van der Waals surface area contributed by atoms with Crippen LogP contribution in [0.2, 0.25) is 5.02 Å². The lowest BCUT2D eigenvalue weighted by molar-refractivity contribution is -0.139. The number of H-pyrrole nitrogens is 2. The summed E-state index contributed by atoms with van der Waals surface area (Å²) in [4.78, 5) is 58.2. The van der Waals surface area contributed by atoms with E-state index in [2.05, 4.69) is 20.5 Å². The number of aryl methyl sites for hydroxylation is 1. The topological polar surface area (TPSA) is 156 Å². The molecule has 0 saturated heterocycles. The molecule has 2 aromatic heterocycles. The molecule has 3 heterocycles. The number of carbonyl (C=O) groups is 2. The van der Waals surface area contributed by atoms with E-state index in [1.165, 1.54) is 30.0 Å². The molecule has 12 nitrogen and oxygen atoms in total. The number of likely N-dealkylation sites (N-methyl/N-ethyl adjacent to an activating group) is 1. The first-order valence-electron chi connectivity index (χ1n) is 13.6. The Bertz CT molecular complexity index is 2100. The molecular formula is C30H27ClFN7O5. The number of aromatic amines is 2. The number of nitrogens with one attached hydrogen (secondary N) is 3. The van der Waals surface area contributed by atoms with Gasteiger partial charge in [-0.1, -0.05) is 23.7 Å². The number of benzene rings is 3. The maximum Gasteiger partial charge on any atom is 0.329 e. The summed E-state index contributed by atoms with van der Waals surface area (Å²) in [6, 6.07) is 9.58. The van der Waals surface area contributed by atoms with Crippen molar-refractivity contribution < 1.29 is 19.1 Å². The summed E-state index contributed by atoms with van der Waals surface area (Å²) in [5.41, 5.74) is 0.545. The van der Waals surface area contributed by atoms with Crippen LogP contribution in [0.15, 0.2) is 58.1 Å². The van der Waals surface area contributed by atoms with Gasteiger partial charge in [0.2, 0.25) is 5.91 Å². The van der Waals surface area contributed by atoms with Gasteiger partial charge < -0.3 is 25.2 Å². The highest BCUT2D eigenvalue weighted by Gasteiger charge is 2.46. The fourth-order valence-corrected chi connectivity index (χ4v) is 6.00. The lowest BCUT2D eigenvalue weighted by Crippen LogP contribution is -2.48. The predicted molar refractivity (Wildman–Crippen MR) is 164 cm³/mol. The van der Waals surface area contributed by atoms with Gasteiger partial charge in [0.25, 0.3) is 5.56 Å². The Kier molecular flexibility index (Phi) is 7.22. The maximum absolute atomic E-state index is 15.0. The quantitative estimate of drug-likeness (QED) is 0.216. The number of aromatic nitrogens is 4. The van der Waals surface area contributed by atoms with E-state index < -0.39 is 35.1 Å². The zero-order valence-electron chi connectivity index (χ0n) is 23.8. The Morgan fingerprint density at radius 2 is 1.86 bits per heavy atom. The lowest BCUT2D eigenvalue weighted by atomic mass is 10.0. The van der Waals surface area contributed by atoms with Crippen LogP contribution in [0, 0.1) is 12.7 Å². The van der Waals surface area contributed by atoms with Gasteiger partial charge in [0.1, 0.15) is 5.82 Å². The molecule has 14 heteroatoms. The van der Waals surface area contributed by atoms with Gasteiger partial charge >= 0.3 is 11.7 Å². The fraction of sp³-hybridized carbons (Fsp3) is 0.233.